The highest BCUT2D eigenvalue weighted by Gasteiger charge is 2.59. The topological polar surface area (TPSA) is 57.6 Å². The molecule has 1 aliphatic carbocycles. The third kappa shape index (κ3) is 1.27. The molecule has 0 aromatic rings. The molecule has 5 heteroatoms. The van der Waals surface area contributed by atoms with Crippen molar-refractivity contribution in [2.75, 3.05) is 13.1 Å². The highest BCUT2D eigenvalue weighted by molar-refractivity contribution is 6.04. The third-order valence-electron chi connectivity index (χ3n) is 2.99. The zero-order chi connectivity index (χ0) is 10.3. The van der Waals surface area contributed by atoms with Crippen LogP contribution in [0.5, 0.6) is 0 Å². The van der Waals surface area contributed by atoms with E-state index in [2.05, 4.69) is 0 Å². The molecule has 0 aromatic carbocycles. The summed E-state index contributed by atoms with van der Waals surface area (Å²) in [6.07, 6.45) is 0.147. The zero-order valence-electron chi connectivity index (χ0n) is 7.70. The predicted octanol–water partition coefficient (Wildman–Crippen LogP) is 0.422. The van der Waals surface area contributed by atoms with Gasteiger partial charge >= 0.3 is 5.97 Å². The molecular weight excluding hydrogens is 189 g/mol. The fourth-order valence-electron chi connectivity index (χ4n) is 1.85. The highest BCUT2D eigenvalue weighted by Crippen LogP contribution is 2.47. The zero-order valence-corrected chi connectivity index (χ0v) is 7.70. The van der Waals surface area contributed by atoms with Gasteiger partial charge in [0.05, 0.1) is 6.54 Å². The van der Waals surface area contributed by atoms with Crippen molar-refractivity contribution < 1.29 is 19.1 Å². The van der Waals surface area contributed by atoms with Crippen LogP contribution in [-0.2, 0) is 9.59 Å². The van der Waals surface area contributed by atoms with Crippen LogP contribution in [0.15, 0.2) is 0 Å². The van der Waals surface area contributed by atoms with Gasteiger partial charge in [-0.2, -0.15) is 0 Å². The van der Waals surface area contributed by atoms with Crippen LogP contribution in [0.2, 0.25) is 0 Å². The quantitative estimate of drug-likeness (QED) is 0.659. The van der Waals surface area contributed by atoms with E-state index in [4.69, 9.17) is 5.11 Å². The van der Waals surface area contributed by atoms with Crippen molar-refractivity contribution in [2.24, 2.45) is 5.41 Å². The number of carboxylic acid groups (broad SMARTS) is 1. The standard InChI is InChI=1S/C9H12FNO3/c10-6-1-4-11(5-6)7(12)9(2-3-9)8(13)14/h6H,1-5H2,(H,13,14). The normalized spacial score (nSPS) is 28.9. The number of hydrogen-bond donors (Lipinski definition) is 1. The number of hydrogen-bond acceptors (Lipinski definition) is 2. The first-order chi connectivity index (χ1) is 6.56. The van der Waals surface area contributed by atoms with Crippen LogP contribution in [0.1, 0.15) is 19.3 Å². The fraction of sp³-hybridized carbons (Fsp3) is 0.778. The number of likely N-dealkylation sites (tertiary alicyclic amines) is 1. The second-order valence-electron chi connectivity index (χ2n) is 4.02. The summed E-state index contributed by atoms with van der Waals surface area (Å²) in [4.78, 5) is 23.9. The first kappa shape index (κ1) is 9.43. The molecule has 1 amide bonds. The molecule has 1 N–H and O–H groups in total. The Hall–Kier alpha value is -1.13. The van der Waals surface area contributed by atoms with Crippen LogP contribution in [0.4, 0.5) is 4.39 Å². The van der Waals surface area contributed by atoms with Crippen LogP contribution >= 0.6 is 0 Å². The lowest BCUT2D eigenvalue weighted by molar-refractivity contribution is -0.153. The van der Waals surface area contributed by atoms with Crippen molar-refractivity contribution >= 4 is 11.9 Å². The number of rotatable bonds is 2. The number of carbonyl (C=O) groups excluding carboxylic acids is 1. The lowest BCUT2D eigenvalue weighted by Gasteiger charge is -2.19. The lowest BCUT2D eigenvalue weighted by Crippen LogP contribution is -2.39. The van der Waals surface area contributed by atoms with Crippen molar-refractivity contribution in [3.8, 4) is 0 Å². The van der Waals surface area contributed by atoms with Crippen LogP contribution in [-0.4, -0.2) is 41.1 Å². The molecule has 2 aliphatic rings. The fourth-order valence-corrected chi connectivity index (χ4v) is 1.85. The third-order valence-corrected chi connectivity index (χ3v) is 2.99. The molecule has 0 bridgehead atoms. The van der Waals surface area contributed by atoms with Crippen LogP contribution in [0.3, 0.4) is 0 Å². The maximum absolute atomic E-state index is 12.8. The number of halogens is 1. The molecule has 2 fully saturated rings. The van der Waals surface area contributed by atoms with Crippen molar-refractivity contribution in [1.82, 2.24) is 4.90 Å². The smallest absolute Gasteiger partial charge is 0.319 e. The molecule has 4 nitrogen and oxygen atoms in total. The van der Waals surface area contributed by atoms with Crippen LogP contribution in [0, 0.1) is 5.41 Å². The molecule has 1 aliphatic heterocycles. The van der Waals surface area contributed by atoms with Gasteiger partial charge in [0, 0.05) is 6.54 Å². The Morgan fingerprint density at radius 1 is 1.43 bits per heavy atom. The first-order valence-corrected chi connectivity index (χ1v) is 4.73. The summed E-state index contributed by atoms with van der Waals surface area (Å²) in [6, 6.07) is 0. The second-order valence-corrected chi connectivity index (χ2v) is 4.02. The summed E-state index contributed by atoms with van der Waals surface area (Å²) in [5.41, 5.74) is -1.20. The molecule has 1 heterocycles. The Morgan fingerprint density at radius 3 is 2.43 bits per heavy atom. The Labute approximate surface area is 80.7 Å². The van der Waals surface area contributed by atoms with Gasteiger partial charge in [0.2, 0.25) is 5.91 Å². The summed E-state index contributed by atoms with van der Waals surface area (Å²) in [7, 11) is 0. The number of amides is 1. The summed E-state index contributed by atoms with van der Waals surface area (Å²) in [5.74, 6) is -1.46. The average Bonchev–Trinajstić information content (AvgIpc) is 2.84. The average molecular weight is 201 g/mol. The van der Waals surface area contributed by atoms with Gasteiger partial charge in [-0.1, -0.05) is 0 Å². The maximum atomic E-state index is 12.8. The number of aliphatic carboxylic acids is 1. The Kier molecular flexibility index (Phi) is 1.97. The van der Waals surface area contributed by atoms with E-state index in [1.54, 1.807) is 0 Å². The minimum absolute atomic E-state index is 0.0634. The number of nitrogens with zero attached hydrogens (tertiary/aromatic N) is 1. The van der Waals surface area contributed by atoms with Gasteiger partial charge < -0.3 is 10.0 Å². The molecule has 2 rings (SSSR count). The van der Waals surface area contributed by atoms with E-state index in [9.17, 15) is 14.0 Å². The molecule has 1 unspecified atom stereocenters. The van der Waals surface area contributed by atoms with Crippen molar-refractivity contribution in [1.29, 1.82) is 0 Å². The van der Waals surface area contributed by atoms with Gasteiger partial charge in [0.25, 0.3) is 0 Å². The van der Waals surface area contributed by atoms with E-state index in [1.807, 2.05) is 0 Å². The predicted molar refractivity (Wildman–Crippen MR) is 45.4 cm³/mol. The van der Waals surface area contributed by atoms with E-state index in [1.165, 1.54) is 4.90 Å². The van der Waals surface area contributed by atoms with Crippen molar-refractivity contribution in [3.63, 3.8) is 0 Å². The molecule has 0 radical (unpaired) electrons. The molecule has 1 atom stereocenters. The van der Waals surface area contributed by atoms with Crippen LogP contribution < -0.4 is 0 Å². The molecular formula is C9H12FNO3. The second kappa shape index (κ2) is 2.93. The summed E-state index contributed by atoms with van der Waals surface area (Å²) >= 11 is 0. The maximum Gasteiger partial charge on any atom is 0.319 e. The number of carboxylic acids is 1. The van der Waals surface area contributed by atoms with E-state index >= 15 is 0 Å². The number of carbonyl (C=O) groups is 2. The SMILES string of the molecule is O=C(O)C1(C(=O)N2CCC(F)C2)CC1. The Balaban J connectivity index is 2.06. The van der Waals surface area contributed by atoms with E-state index in [-0.39, 0.29) is 6.54 Å². The van der Waals surface area contributed by atoms with Crippen LogP contribution in [0.25, 0.3) is 0 Å². The number of alkyl halides is 1. The molecule has 0 spiro atoms. The molecule has 1 saturated carbocycles. The van der Waals surface area contributed by atoms with Gasteiger partial charge in [-0.3, -0.25) is 9.59 Å². The first-order valence-electron chi connectivity index (χ1n) is 4.73. The lowest BCUT2D eigenvalue weighted by atomic mass is 10.1. The minimum Gasteiger partial charge on any atom is -0.480 e. The van der Waals surface area contributed by atoms with E-state index in [0.717, 1.165) is 0 Å². The largest absolute Gasteiger partial charge is 0.480 e. The van der Waals surface area contributed by atoms with Gasteiger partial charge in [0.15, 0.2) is 0 Å². The monoisotopic (exact) mass is 201 g/mol. The van der Waals surface area contributed by atoms with Crippen molar-refractivity contribution in [2.45, 2.75) is 25.4 Å². The summed E-state index contributed by atoms with van der Waals surface area (Å²) in [6.45, 7) is 0.420. The van der Waals surface area contributed by atoms with E-state index < -0.39 is 23.5 Å². The van der Waals surface area contributed by atoms with Crippen molar-refractivity contribution in [3.05, 3.63) is 0 Å². The molecule has 14 heavy (non-hydrogen) atoms. The minimum atomic E-state index is -1.20. The molecule has 0 aromatic heterocycles. The van der Waals surface area contributed by atoms with Gasteiger partial charge in [-0.25, -0.2) is 4.39 Å². The highest BCUT2D eigenvalue weighted by atomic mass is 19.1. The van der Waals surface area contributed by atoms with Gasteiger partial charge in [0.1, 0.15) is 11.6 Å². The summed E-state index contributed by atoms with van der Waals surface area (Å²) in [5, 5.41) is 8.86. The van der Waals surface area contributed by atoms with Gasteiger partial charge in [-0.05, 0) is 19.3 Å². The van der Waals surface area contributed by atoms with Gasteiger partial charge in [-0.15, -0.1) is 0 Å². The Morgan fingerprint density at radius 2 is 2.07 bits per heavy atom. The molecule has 1 saturated heterocycles. The Bertz CT molecular complexity index is 288. The van der Waals surface area contributed by atoms with E-state index in [0.29, 0.717) is 25.8 Å². The summed E-state index contributed by atoms with van der Waals surface area (Å²) < 4.78 is 12.8. The molecule has 78 valence electrons.